The molecule has 100 valence electrons. The third-order valence-corrected chi connectivity index (χ3v) is 3.54. The van der Waals surface area contributed by atoms with E-state index in [4.69, 9.17) is 0 Å². The molecular weight excluding hydrogens is 309 g/mol. The summed E-state index contributed by atoms with van der Waals surface area (Å²) in [5.74, 6) is 0.335. The van der Waals surface area contributed by atoms with Gasteiger partial charge >= 0.3 is 0 Å². The van der Waals surface area contributed by atoms with Gasteiger partial charge in [0.05, 0.1) is 11.2 Å². The van der Waals surface area contributed by atoms with Crippen molar-refractivity contribution in [2.24, 2.45) is 0 Å². The molecule has 0 unspecified atom stereocenters. The zero-order valence-corrected chi connectivity index (χ0v) is 12.6. The first-order valence-corrected chi connectivity index (χ1v) is 6.71. The van der Waals surface area contributed by atoms with Crippen molar-refractivity contribution in [2.45, 2.75) is 19.4 Å². The molecule has 0 atom stereocenters. The molecule has 2 aromatic rings. The highest BCUT2D eigenvalue weighted by Gasteiger charge is 2.22. The molecule has 2 rings (SSSR count). The van der Waals surface area contributed by atoms with Crippen LogP contribution in [-0.2, 0) is 5.54 Å². The van der Waals surface area contributed by atoms with Crippen LogP contribution in [0.2, 0.25) is 0 Å². The first-order chi connectivity index (χ1) is 8.94. The molecule has 0 spiro atoms. The molecule has 0 aliphatic heterocycles. The van der Waals surface area contributed by atoms with Gasteiger partial charge in [0.1, 0.15) is 11.6 Å². The van der Waals surface area contributed by atoms with Gasteiger partial charge in [-0.3, -0.25) is 0 Å². The lowest BCUT2D eigenvalue weighted by atomic mass is 10.0. The zero-order chi connectivity index (χ0) is 14.0. The van der Waals surface area contributed by atoms with E-state index in [1.54, 1.807) is 24.4 Å². The maximum Gasteiger partial charge on any atom is 0.148 e. The van der Waals surface area contributed by atoms with E-state index in [0.717, 1.165) is 4.47 Å². The summed E-state index contributed by atoms with van der Waals surface area (Å²) in [6.45, 7) is 3.95. The molecule has 0 saturated heterocycles. The minimum atomic E-state index is -0.363. The molecule has 5 heteroatoms. The largest absolute Gasteiger partial charge is 0.308 e. The van der Waals surface area contributed by atoms with Gasteiger partial charge in [0.15, 0.2) is 0 Å². The molecule has 0 saturated carbocycles. The van der Waals surface area contributed by atoms with Crippen LogP contribution < -0.4 is 5.32 Å². The van der Waals surface area contributed by atoms with Crippen LogP contribution in [-0.4, -0.2) is 17.0 Å². The molecule has 0 radical (unpaired) electrons. The first-order valence-electron chi connectivity index (χ1n) is 5.92. The highest BCUT2D eigenvalue weighted by atomic mass is 79.9. The summed E-state index contributed by atoms with van der Waals surface area (Å²) in [6, 6.07) is 6.51. The summed E-state index contributed by atoms with van der Waals surface area (Å²) in [4.78, 5) is 8.70. The van der Waals surface area contributed by atoms with Gasteiger partial charge in [-0.1, -0.05) is 15.9 Å². The molecule has 0 fully saturated rings. The van der Waals surface area contributed by atoms with Crippen LogP contribution in [0.15, 0.2) is 34.9 Å². The maximum absolute atomic E-state index is 13.9. The average molecular weight is 324 g/mol. The van der Waals surface area contributed by atoms with E-state index in [1.165, 1.54) is 6.07 Å². The summed E-state index contributed by atoms with van der Waals surface area (Å²) >= 11 is 3.34. The summed E-state index contributed by atoms with van der Waals surface area (Å²) in [5.41, 5.74) is 0.676. The first kappa shape index (κ1) is 14.1. The van der Waals surface area contributed by atoms with Crippen molar-refractivity contribution in [3.8, 4) is 11.3 Å². The topological polar surface area (TPSA) is 37.8 Å². The minimum Gasteiger partial charge on any atom is -0.308 e. The molecule has 1 heterocycles. The van der Waals surface area contributed by atoms with E-state index in [0.29, 0.717) is 17.1 Å². The average Bonchev–Trinajstić information content (AvgIpc) is 2.41. The van der Waals surface area contributed by atoms with Gasteiger partial charge in [0.25, 0.3) is 0 Å². The number of nitrogens with zero attached hydrogens (tertiary/aromatic N) is 2. The van der Waals surface area contributed by atoms with Gasteiger partial charge in [0.2, 0.25) is 0 Å². The lowest BCUT2D eigenvalue weighted by molar-refractivity contribution is 0.417. The number of rotatable bonds is 3. The van der Waals surface area contributed by atoms with Crippen LogP contribution >= 0.6 is 15.9 Å². The fourth-order valence-corrected chi connectivity index (χ4v) is 1.98. The van der Waals surface area contributed by atoms with E-state index in [-0.39, 0.29) is 11.4 Å². The molecule has 3 nitrogen and oxygen atoms in total. The van der Waals surface area contributed by atoms with E-state index < -0.39 is 0 Å². The van der Waals surface area contributed by atoms with Gasteiger partial charge in [-0.15, -0.1) is 0 Å². The second-order valence-electron chi connectivity index (χ2n) is 4.76. The van der Waals surface area contributed by atoms with Crippen molar-refractivity contribution in [1.82, 2.24) is 15.3 Å². The molecule has 1 N–H and O–H groups in total. The van der Waals surface area contributed by atoms with Crippen LogP contribution in [0.5, 0.6) is 0 Å². The molecule has 0 amide bonds. The molecule has 0 aliphatic carbocycles. The zero-order valence-electron chi connectivity index (χ0n) is 11.0. The Balaban J connectivity index is 2.52. The predicted octanol–water partition coefficient (Wildman–Crippen LogP) is 3.50. The normalized spacial score (nSPS) is 11.6. The minimum absolute atomic E-state index is 0.296. The molecule has 0 bridgehead atoms. The second-order valence-corrected chi connectivity index (χ2v) is 5.68. The lowest BCUT2D eigenvalue weighted by Crippen LogP contribution is -2.35. The summed E-state index contributed by atoms with van der Waals surface area (Å²) in [5, 5.41) is 3.13. The summed E-state index contributed by atoms with van der Waals surface area (Å²) in [6.07, 6.45) is 1.65. The monoisotopic (exact) mass is 323 g/mol. The molecule has 1 aromatic carbocycles. The lowest BCUT2D eigenvalue weighted by Gasteiger charge is -2.22. The Hall–Kier alpha value is -1.33. The summed E-state index contributed by atoms with van der Waals surface area (Å²) < 4.78 is 14.7. The number of benzene rings is 1. The van der Waals surface area contributed by atoms with Crippen LogP contribution in [0, 0.1) is 5.82 Å². The maximum atomic E-state index is 13.9. The fraction of sp³-hybridized carbons (Fsp3) is 0.286. The van der Waals surface area contributed by atoms with Gasteiger partial charge in [0, 0.05) is 16.2 Å². The Labute approximate surface area is 120 Å². The van der Waals surface area contributed by atoms with Crippen LogP contribution in [0.3, 0.4) is 0 Å². The fourth-order valence-electron chi connectivity index (χ4n) is 1.62. The number of hydrogen-bond donors (Lipinski definition) is 1. The number of hydrogen-bond acceptors (Lipinski definition) is 3. The Morgan fingerprint density at radius 2 is 2.00 bits per heavy atom. The van der Waals surface area contributed by atoms with E-state index in [1.807, 2.05) is 20.9 Å². The number of aromatic nitrogens is 2. The SMILES string of the molecule is CNC(C)(C)c1nccc(-c2cc(Br)ccc2F)n1. The molecule has 19 heavy (non-hydrogen) atoms. The third-order valence-electron chi connectivity index (χ3n) is 3.04. The highest BCUT2D eigenvalue weighted by molar-refractivity contribution is 9.10. The van der Waals surface area contributed by atoms with Gasteiger partial charge < -0.3 is 5.32 Å². The quantitative estimate of drug-likeness (QED) is 0.939. The highest BCUT2D eigenvalue weighted by Crippen LogP contribution is 2.26. The Morgan fingerprint density at radius 3 is 2.68 bits per heavy atom. The standard InChI is InChI=1S/C14H15BrFN3/c1-14(2,17-3)13-18-7-6-12(19-13)10-8-9(15)4-5-11(10)16/h4-8,17H,1-3H3. The smallest absolute Gasteiger partial charge is 0.148 e. The van der Waals surface area contributed by atoms with Crippen molar-refractivity contribution < 1.29 is 4.39 Å². The van der Waals surface area contributed by atoms with Crippen molar-refractivity contribution in [1.29, 1.82) is 0 Å². The molecule has 0 aliphatic rings. The van der Waals surface area contributed by atoms with Crippen LogP contribution in [0.25, 0.3) is 11.3 Å². The Bertz CT molecular complexity index is 599. The molecular formula is C14H15BrFN3. The van der Waals surface area contributed by atoms with Crippen molar-refractivity contribution in [2.75, 3.05) is 7.05 Å². The van der Waals surface area contributed by atoms with Gasteiger partial charge in [-0.25, -0.2) is 14.4 Å². The van der Waals surface area contributed by atoms with Crippen LogP contribution in [0.1, 0.15) is 19.7 Å². The summed E-state index contributed by atoms with van der Waals surface area (Å²) in [7, 11) is 1.84. The van der Waals surface area contributed by atoms with Crippen molar-refractivity contribution >= 4 is 15.9 Å². The van der Waals surface area contributed by atoms with E-state index in [9.17, 15) is 4.39 Å². The Morgan fingerprint density at radius 1 is 1.26 bits per heavy atom. The van der Waals surface area contributed by atoms with E-state index in [2.05, 4.69) is 31.2 Å². The second kappa shape index (κ2) is 5.35. The number of halogens is 2. The van der Waals surface area contributed by atoms with Crippen molar-refractivity contribution in [3.63, 3.8) is 0 Å². The third kappa shape index (κ3) is 2.98. The van der Waals surface area contributed by atoms with Gasteiger partial charge in [-0.05, 0) is 45.2 Å². The molecule has 1 aromatic heterocycles. The predicted molar refractivity (Wildman–Crippen MR) is 77.2 cm³/mol. The number of nitrogens with one attached hydrogen (secondary N) is 1. The van der Waals surface area contributed by atoms with Crippen molar-refractivity contribution in [3.05, 3.63) is 46.6 Å². The van der Waals surface area contributed by atoms with Gasteiger partial charge in [-0.2, -0.15) is 0 Å². The van der Waals surface area contributed by atoms with Crippen LogP contribution in [0.4, 0.5) is 4.39 Å². The van der Waals surface area contributed by atoms with E-state index >= 15 is 0 Å². The Kier molecular flexibility index (Phi) is 3.96.